The first-order chi connectivity index (χ1) is 14.6. The van der Waals surface area contributed by atoms with Crippen LogP contribution in [0.1, 0.15) is 11.1 Å². The van der Waals surface area contributed by atoms with Gasteiger partial charge in [-0.25, -0.2) is 4.99 Å². The summed E-state index contributed by atoms with van der Waals surface area (Å²) in [6.45, 7) is 0.439. The van der Waals surface area contributed by atoms with Crippen molar-refractivity contribution in [3.63, 3.8) is 0 Å². The van der Waals surface area contributed by atoms with E-state index in [1.807, 2.05) is 60.7 Å². The summed E-state index contributed by atoms with van der Waals surface area (Å²) in [4.78, 5) is 20.2. The topological polar surface area (TPSA) is 62.1 Å². The lowest BCUT2D eigenvalue weighted by molar-refractivity contribution is -0.122. The number of carbonyl (C=O) groups excluding carboxylic acids is 1. The molecule has 0 unspecified atom stereocenters. The predicted octanol–water partition coefficient (Wildman–Crippen LogP) is 5.21. The molecule has 4 rings (SSSR count). The Hall–Kier alpha value is -3.51. The Labute approximate surface area is 179 Å². The van der Waals surface area contributed by atoms with Gasteiger partial charge in [-0.2, -0.15) is 0 Å². The van der Waals surface area contributed by atoms with Gasteiger partial charge in [0.2, 0.25) is 0 Å². The Morgan fingerprint density at radius 1 is 1.03 bits per heavy atom. The van der Waals surface area contributed by atoms with Gasteiger partial charge >= 0.3 is 0 Å². The maximum absolute atomic E-state index is 13.2. The van der Waals surface area contributed by atoms with E-state index in [4.69, 9.17) is 9.73 Å². The number of aliphatic imine (C=N–C) groups is 1. The quantitative estimate of drug-likeness (QED) is 0.581. The third kappa shape index (κ3) is 4.39. The van der Waals surface area contributed by atoms with Crippen molar-refractivity contribution in [2.24, 2.45) is 4.99 Å². The molecule has 3 aromatic carbocycles. The van der Waals surface area contributed by atoms with E-state index in [1.165, 1.54) is 18.9 Å². The van der Waals surface area contributed by atoms with Gasteiger partial charge in [0.05, 0.1) is 24.2 Å². The number of carbonyl (C=O) groups is 1. The van der Waals surface area contributed by atoms with Crippen LogP contribution in [0.3, 0.4) is 0 Å². The van der Waals surface area contributed by atoms with Crippen LogP contribution in [0.5, 0.6) is 11.5 Å². The van der Waals surface area contributed by atoms with E-state index in [0.717, 1.165) is 16.8 Å². The molecule has 150 valence electrons. The van der Waals surface area contributed by atoms with Crippen LogP contribution in [0.4, 0.5) is 5.69 Å². The molecule has 0 atom stereocenters. The number of rotatable bonds is 5. The molecule has 1 heterocycles. The summed E-state index contributed by atoms with van der Waals surface area (Å²) in [5, 5.41) is 10.4. The van der Waals surface area contributed by atoms with Crippen LogP contribution in [-0.2, 0) is 11.3 Å². The van der Waals surface area contributed by atoms with E-state index >= 15 is 0 Å². The summed E-state index contributed by atoms with van der Waals surface area (Å²) < 4.78 is 5.17. The number of hydrogen-bond acceptors (Lipinski definition) is 5. The smallest absolute Gasteiger partial charge is 0.267 e. The number of methoxy groups -OCH3 is 1. The number of nitrogens with zero attached hydrogens (tertiary/aromatic N) is 2. The molecule has 0 spiro atoms. The molecule has 1 amide bonds. The van der Waals surface area contributed by atoms with Crippen molar-refractivity contribution < 1.29 is 14.6 Å². The molecule has 0 aliphatic carbocycles. The Morgan fingerprint density at radius 2 is 1.73 bits per heavy atom. The van der Waals surface area contributed by atoms with Crippen LogP contribution >= 0.6 is 11.8 Å². The summed E-state index contributed by atoms with van der Waals surface area (Å²) in [6.07, 6.45) is 1.79. The number of amides is 1. The van der Waals surface area contributed by atoms with Gasteiger partial charge in [-0.15, -0.1) is 0 Å². The molecule has 3 aromatic rings. The normalized spacial score (nSPS) is 16.4. The van der Waals surface area contributed by atoms with Crippen LogP contribution in [0.15, 0.2) is 88.8 Å². The van der Waals surface area contributed by atoms with Crippen LogP contribution in [0.25, 0.3) is 6.08 Å². The van der Waals surface area contributed by atoms with E-state index in [1.54, 1.807) is 29.2 Å². The summed E-state index contributed by atoms with van der Waals surface area (Å²) in [5.74, 6) is 0.312. The summed E-state index contributed by atoms with van der Waals surface area (Å²) in [5.41, 5.74) is 2.58. The van der Waals surface area contributed by atoms with Gasteiger partial charge in [-0.3, -0.25) is 9.69 Å². The zero-order valence-electron chi connectivity index (χ0n) is 16.4. The van der Waals surface area contributed by atoms with Gasteiger partial charge in [0.25, 0.3) is 5.91 Å². The van der Waals surface area contributed by atoms with Crippen molar-refractivity contribution in [3.8, 4) is 11.5 Å². The van der Waals surface area contributed by atoms with Crippen LogP contribution in [-0.4, -0.2) is 28.2 Å². The summed E-state index contributed by atoms with van der Waals surface area (Å²) in [6, 6.07) is 24.4. The minimum absolute atomic E-state index is 0.0575. The predicted molar refractivity (Wildman–Crippen MR) is 121 cm³/mol. The molecule has 1 fully saturated rings. The van der Waals surface area contributed by atoms with E-state index in [2.05, 4.69) is 0 Å². The lowest BCUT2D eigenvalue weighted by Crippen LogP contribution is -2.28. The number of phenols is 1. The third-order valence-corrected chi connectivity index (χ3v) is 5.56. The average Bonchev–Trinajstić information content (AvgIpc) is 3.05. The number of ether oxygens (including phenoxy) is 1. The van der Waals surface area contributed by atoms with Crippen molar-refractivity contribution in [3.05, 3.63) is 94.9 Å². The highest BCUT2D eigenvalue weighted by atomic mass is 32.2. The minimum atomic E-state index is -0.106. The highest BCUT2D eigenvalue weighted by Gasteiger charge is 2.33. The molecule has 1 aliphatic heterocycles. The second kappa shape index (κ2) is 8.88. The molecule has 0 saturated carbocycles. The summed E-state index contributed by atoms with van der Waals surface area (Å²) >= 11 is 1.34. The third-order valence-electron chi connectivity index (χ3n) is 4.55. The first-order valence-corrected chi connectivity index (χ1v) is 10.2. The number of aromatic hydroxyl groups is 1. The second-order valence-corrected chi connectivity index (χ2v) is 7.66. The lowest BCUT2D eigenvalue weighted by atomic mass is 10.1. The van der Waals surface area contributed by atoms with Crippen molar-refractivity contribution in [2.75, 3.05) is 7.11 Å². The molecular formula is C24H20N2O3S. The maximum Gasteiger partial charge on any atom is 0.267 e. The average molecular weight is 417 g/mol. The number of phenolic OH excluding ortho intramolecular Hbond substituents is 1. The lowest BCUT2D eigenvalue weighted by Gasteiger charge is -2.15. The molecule has 6 heteroatoms. The highest BCUT2D eigenvalue weighted by Crippen LogP contribution is 2.36. The van der Waals surface area contributed by atoms with Gasteiger partial charge < -0.3 is 9.84 Å². The summed E-state index contributed by atoms with van der Waals surface area (Å²) in [7, 11) is 1.49. The zero-order chi connectivity index (χ0) is 20.9. The molecule has 0 radical (unpaired) electrons. The number of amidine groups is 1. The first-order valence-electron chi connectivity index (χ1n) is 9.40. The molecule has 5 nitrogen and oxygen atoms in total. The molecule has 30 heavy (non-hydrogen) atoms. The van der Waals surface area contributed by atoms with E-state index < -0.39 is 0 Å². The Morgan fingerprint density at radius 3 is 2.43 bits per heavy atom. The molecule has 0 bridgehead atoms. The van der Waals surface area contributed by atoms with E-state index in [0.29, 0.717) is 22.4 Å². The van der Waals surface area contributed by atoms with E-state index in [-0.39, 0.29) is 11.7 Å². The number of benzene rings is 3. The van der Waals surface area contributed by atoms with Crippen LogP contribution < -0.4 is 4.74 Å². The Kier molecular flexibility index (Phi) is 5.86. The van der Waals surface area contributed by atoms with Gasteiger partial charge in [0.1, 0.15) is 0 Å². The first kappa shape index (κ1) is 19.8. The largest absolute Gasteiger partial charge is 0.504 e. The van der Waals surface area contributed by atoms with Crippen molar-refractivity contribution in [1.82, 2.24) is 4.90 Å². The van der Waals surface area contributed by atoms with E-state index in [9.17, 15) is 9.90 Å². The van der Waals surface area contributed by atoms with Gasteiger partial charge in [0.15, 0.2) is 16.7 Å². The molecule has 1 aliphatic rings. The SMILES string of the molecule is COc1cc(/C=C2/SC(=Nc3ccccc3)N(Cc3ccccc3)C2=O)ccc1O. The van der Waals surface area contributed by atoms with Gasteiger partial charge in [-0.05, 0) is 53.2 Å². The standard InChI is InChI=1S/C24H20N2O3S/c1-29-21-14-18(12-13-20(21)27)15-22-23(28)26(16-17-8-4-2-5-9-17)24(30-22)25-19-10-6-3-7-11-19/h2-15,27H,16H2,1H3/b22-15+,25-24?. The second-order valence-electron chi connectivity index (χ2n) is 6.65. The number of thioether (sulfide) groups is 1. The molecule has 0 aromatic heterocycles. The molecular weight excluding hydrogens is 396 g/mol. The number of hydrogen-bond donors (Lipinski definition) is 1. The van der Waals surface area contributed by atoms with Gasteiger partial charge in [-0.1, -0.05) is 54.6 Å². The van der Waals surface area contributed by atoms with Crippen molar-refractivity contribution >= 4 is 34.6 Å². The van der Waals surface area contributed by atoms with Crippen LogP contribution in [0.2, 0.25) is 0 Å². The fraction of sp³-hybridized carbons (Fsp3) is 0.0833. The number of para-hydroxylation sites is 1. The fourth-order valence-electron chi connectivity index (χ4n) is 3.05. The monoisotopic (exact) mass is 416 g/mol. The van der Waals surface area contributed by atoms with Crippen molar-refractivity contribution in [2.45, 2.75) is 6.54 Å². The minimum Gasteiger partial charge on any atom is -0.504 e. The Bertz CT molecular complexity index is 1110. The Balaban J connectivity index is 1.70. The van der Waals surface area contributed by atoms with Gasteiger partial charge in [0, 0.05) is 0 Å². The highest BCUT2D eigenvalue weighted by molar-refractivity contribution is 8.18. The van der Waals surface area contributed by atoms with Crippen molar-refractivity contribution in [1.29, 1.82) is 0 Å². The zero-order valence-corrected chi connectivity index (χ0v) is 17.2. The molecule has 1 N–H and O–H groups in total. The van der Waals surface area contributed by atoms with Crippen LogP contribution in [0, 0.1) is 0 Å². The maximum atomic E-state index is 13.2. The fourth-order valence-corrected chi connectivity index (χ4v) is 4.04. The molecule has 1 saturated heterocycles.